The minimum atomic E-state index is -0.537. The number of aromatic nitrogens is 2. The molecule has 2 aromatic heterocycles. The molecule has 0 atom stereocenters. The van der Waals surface area contributed by atoms with Crippen LogP contribution in [-0.2, 0) is 6.54 Å². The molecule has 0 unspecified atom stereocenters. The summed E-state index contributed by atoms with van der Waals surface area (Å²) in [7, 11) is 0. The summed E-state index contributed by atoms with van der Waals surface area (Å²) in [5, 5.41) is 3.11. The zero-order valence-corrected chi connectivity index (χ0v) is 13.8. The van der Waals surface area contributed by atoms with E-state index >= 15 is 0 Å². The third-order valence-corrected chi connectivity index (χ3v) is 5.14. The van der Waals surface area contributed by atoms with Crippen molar-refractivity contribution in [3.8, 4) is 0 Å². The molecule has 1 aliphatic heterocycles. The van der Waals surface area contributed by atoms with Crippen molar-refractivity contribution in [3.63, 3.8) is 0 Å². The molecule has 1 aliphatic rings. The Labute approximate surface area is 142 Å². The average Bonchev–Trinajstić information content (AvgIpc) is 3.07. The van der Waals surface area contributed by atoms with E-state index in [2.05, 4.69) is 25.8 Å². The van der Waals surface area contributed by atoms with E-state index in [0.29, 0.717) is 12.1 Å². The van der Waals surface area contributed by atoms with Crippen LogP contribution in [0.5, 0.6) is 0 Å². The monoisotopic (exact) mass is 346 g/mol. The van der Waals surface area contributed by atoms with Crippen LogP contribution in [0.15, 0.2) is 36.0 Å². The van der Waals surface area contributed by atoms with E-state index in [0.717, 1.165) is 48.3 Å². The van der Waals surface area contributed by atoms with E-state index in [-0.39, 0.29) is 0 Å². The SMILES string of the molecule is Fc1ccc(CN2CCN(c3ncnc4sccc34)CC2)c(F)c1. The molecule has 0 bridgehead atoms. The lowest BCUT2D eigenvalue weighted by molar-refractivity contribution is 0.246. The normalized spacial score (nSPS) is 16.0. The smallest absolute Gasteiger partial charge is 0.140 e. The van der Waals surface area contributed by atoms with Gasteiger partial charge in [-0.15, -0.1) is 11.3 Å². The Balaban J connectivity index is 1.44. The lowest BCUT2D eigenvalue weighted by Crippen LogP contribution is -2.46. The molecule has 24 heavy (non-hydrogen) atoms. The summed E-state index contributed by atoms with van der Waals surface area (Å²) >= 11 is 1.61. The van der Waals surface area contributed by atoms with E-state index in [1.54, 1.807) is 17.7 Å². The summed E-state index contributed by atoms with van der Waals surface area (Å²) in [5.74, 6) is -0.0494. The minimum Gasteiger partial charge on any atom is -0.353 e. The topological polar surface area (TPSA) is 32.3 Å². The fraction of sp³-hybridized carbons (Fsp3) is 0.294. The summed E-state index contributed by atoms with van der Waals surface area (Å²) < 4.78 is 26.8. The zero-order chi connectivity index (χ0) is 16.5. The van der Waals surface area contributed by atoms with Gasteiger partial charge in [0.1, 0.15) is 28.6 Å². The number of piperazine rings is 1. The maximum absolute atomic E-state index is 13.8. The number of halogens is 2. The summed E-state index contributed by atoms with van der Waals surface area (Å²) in [4.78, 5) is 14.1. The lowest BCUT2D eigenvalue weighted by Gasteiger charge is -2.35. The first-order valence-corrected chi connectivity index (χ1v) is 8.68. The highest BCUT2D eigenvalue weighted by molar-refractivity contribution is 7.16. The minimum absolute atomic E-state index is 0.479. The van der Waals surface area contributed by atoms with Gasteiger partial charge < -0.3 is 4.90 Å². The van der Waals surface area contributed by atoms with Gasteiger partial charge in [-0.25, -0.2) is 18.7 Å². The number of fused-ring (bicyclic) bond motifs is 1. The van der Waals surface area contributed by atoms with E-state index in [9.17, 15) is 8.78 Å². The predicted molar refractivity (Wildman–Crippen MR) is 91.3 cm³/mol. The molecule has 0 spiro atoms. The van der Waals surface area contributed by atoms with Gasteiger partial charge in [-0.05, 0) is 17.5 Å². The summed E-state index contributed by atoms with van der Waals surface area (Å²) in [6.07, 6.45) is 1.61. The molecule has 3 heterocycles. The molecule has 1 fully saturated rings. The molecule has 0 N–H and O–H groups in total. The molecule has 7 heteroatoms. The number of benzene rings is 1. The van der Waals surface area contributed by atoms with Crippen molar-refractivity contribution >= 4 is 27.4 Å². The molecule has 0 aliphatic carbocycles. The molecule has 3 aromatic rings. The second-order valence-electron chi connectivity index (χ2n) is 5.84. The first-order chi connectivity index (χ1) is 11.7. The Morgan fingerprint density at radius 3 is 2.67 bits per heavy atom. The van der Waals surface area contributed by atoms with E-state index in [4.69, 9.17) is 0 Å². The number of nitrogens with zero attached hydrogens (tertiary/aromatic N) is 4. The largest absolute Gasteiger partial charge is 0.353 e. The summed E-state index contributed by atoms with van der Waals surface area (Å²) in [6.45, 7) is 3.77. The molecule has 0 radical (unpaired) electrons. The van der Waals surface area contributed by atoms with Crippen LogP contribution < -0.4 is 4.90 Å². The van der Waals surface area contributed by atoms with Gasteiger partial charge in [-0.1, -0.05) is 6.07 Å². The number of rotatable bonds is 3. The second kappa shape index (κ2) is 6.41. The van der Waals surface area contributed by atoms with Gasteiger partial charge in [-0.3, -0.25) is 4.90 Å². The highest BCUT2D eigenvalue weighted by Crippen LogP contribution is 2.27. The van der Waals surface area contributed by atoms with Crippen LogP contribution in [0.4, 0.5) is 14.6 Å². The van der Waals surface area contributed by atoms with Gasteiger partial charge in [0, 0.05) is 44.4 Å². The first-order valence-electron chi connectivity index (χ1n) is 7.80. The fourth-order valence-corrected chi connectivity index (χ4v) is 3.76. The Kier molecular flexibility index (Phi) is 4.12. The van der Waals surface area contributed by atoms with Gasteiger partial charge in [-0.2, -0.15) is 0 Å². The van der Waals surface area contributed by atoms with Crippen molar-refractivity contribution in [3.05, 3.63) is 53.2 Å². The number of hydrogen-bond donors (Lipinski definition) is 0. The van der Waals surface area contributed by atoms with Crippen LogP contribution in [0.2, 0.25) is 0 Å². The van der Waals surface area contributed by atoms with Crippen LogP contribution in [0.3, 0.4) is 0 Å². The second-order valence-corrected chi connectivity index (χ2v) is 6.73. The Hall–Kier alpha value is -2.12. The van der Waals surface area contributed by atoms with Gasteiger partial charge in [0.2, 0.25) is 0 Å². The first kappa shape index (κ1) is 15.4. The van der Waals surface area contributed by atoms with Gasteiger partial charge in [0.05, 0.1) is 5.39 Å². The van der Waals surface area contributed by atoms with E-state index in [1.165, 1.54) is 12.1 Å². The summed E-state index contributed by atoms with van der Waals surface area (Å²) in [6, 6.07) is 5.83. The predicted octanol–water partition coefficient (Wildman–Crippen LogP) is 3.29. The summed E-state index contributed by atoms with van der Waals surface area (Å²) in [5.41, 5.74) is 0.534. The molecule has 4 nitrogen and oxygen atoms in total. The van der Waals surface area contributed by atoms with Crippen molar-refractivity contribution < 1.29 is 8.78 Å². The van der Waals surface area contributed by atoms with E-state index in [1.807, 2.05) is 5.38 Å². The zero-order valence-electron chi connectivity index (χ0n) is 13.0. The van der Waals surface area contributed by atoms with Crippen molar-refractivity contribution in [2.75, 3.05) is 31.1 Å². The fourth-order valence-electron chi connectivity index (χ4n) is 3.04. The van der Waals surface area contributed by atoms with Gasteiger partial charge >= 0.3 is 0 Å². The molecule has 0 amide bonds. The molecule has 1 aromatic carbocycles. The Bertz CT molecular complexity index is 859. The van der Waals surface area contributed by atoms with Crippen molar-refractivity contribution in [1.82, 2.24) is 14.9 Å². The molecule has 124 valence electrons. The molecular formula is C17H16F2N4S. The van der Waals surface area contributed by atoms with Crippen LogP contribution >= 0.6 is 11.3 Å². The lowest BCUT2D eigenvalue weighted by atomic mass is 10.1. The van der Waals surface area contributed by atoms with Crippen molar-refractivity contribution in [2.45, 2.75) is 6.54 Å². The van der Waals surface area contributed by atoms with Crippen molar-refractivity contribution in [1.29, 1.82) is 0 Å². The van der Waals surface area contributed by atoms with Gasteiger partial charge in [0.15, 0.2) is 0 Å². The number of anilines is 1. The quantitative estimate of drug-likeness (QED) is 0.728. The average molecular weight is 346 g/mol. The van der Waals surface area contributed by atoms with Crippen LogP contribution in [0.25, 0.3) is 10.2 Å². The molecule has 0 saturated carbocycles. The highest BCUT2D eigenvalue weighted by Gasteiger charge is 2.21. The highest BCUT2D eigenvalue weighted by atomic mass is 32.1. The van der Waals surface area contributed by atoms with Crippen LogP contribution in [0, 0.1) is 11.6 Å². The maximum Gasteiger partial charge on any atom is 0.140 e. The standard InChI is InChI=1S/C17H16F2N4S/c18-13-2-1-12(15(19)9-13)10-22-4-6-23(7-5-22)16-14-3-8-24-17(14)21-11-20-16/h1-3,8-9,11H,4-7,10H2. The molecule has 4 rings (SSSR count). The number of hydrogen-bond acceptors (Lipinski definition) is 5. The van der Waals surface area contributed by atoms with Crippen molar-refractivity contribution in [2.24, 2.45) is 0 Å². The molecule has 1 saturated heterocycles. The Morgan fingerprint density at radius 1 is 1.04 bits per heavy atom. The Morgan fingerprint density at radius 2 is 1.88 bits per heavy atom. The maximum atomic E-state index is 13.8. The third-order valence-electron chi connectivity index (χ3n) is 4.32. The van der Waals surface area contributed by atoms with Crippen LogP contribution in [-0.4, -0.2) is 41.0 Å². The number of thiophene rings is 1. The molecular weight excluding hydrogens is 330 g/mol. The van der Waals surface area contributed by atoms with Gasteiger partial charge in [0.25, 0.3) is 0 Å². The van der Waals surface area contributed by atoms with Crippen LogP contribution in [0.1, 0.15) is 5.56 Å². The third kappa shape index (κ3) is 2.97. The van der Waals surface area contributed by atoms with E-state index < -0.39 is 11.6 Å².